The van der Waals surface area contributed by atoms with Crippen molar-refractivity contribution in [2.75, 3.05) is 0 Å². The number of ether oxygens (including phenoxy) is 2. The first kappa shape index (κ1) is 62.1. The maximum atomic E-state index is 7.25. The molecule has 3 unspecified atom stereocenters. The summed E-state index contributed by atoms with van der Waals surface area (Å²) in [6.07, 6.45) is 9.86. The molecule has 3 aliphatic carbocycles. The van der Waals surface area contributed by atoms with E-state index in [1.54, 1.807) is 0 Å². The summed E-state index contributed by atoms with van der Waals surface area (Å²) in [5, 5.41) is 3.98. The maximum Gasteiger partial charge on any atom is 0.161 e. The van der Waals surface area contributed by atoms with Crippen LogP contribution < -0.4 is 14.8 Å². The van der Waals surface area contributed by atoms with Crippen molar-refractivity contribution in [2.24, 2.45) is 4.99 Å². The number of amidine groups is 1. The zero-order valence-electron chi connectivity index (χ0n) is 58.7. The van der Waals surface area contributed by atoms with Crippen molar-refractivity contribution in [3.05, 3.63) is 431 Å². The highest BCUT2D eigenvalue weighted by Gasteiger charge is 2.58. The molecule has 0 amide bonds. The SMILES string of the molecule is CC12CC=CC=C1C1(c3cc(-c4ccccc4C4=NC(c5cccc(-c6cccc7c6-c6ccccc6C76c7ccccc7Oc7ccc(-c8ccccc8-c8nc(-c9ccccc9)cc(-c9ccccc9-c9ccccc9)n8)cc76)c5)=CC(c5ccccc5)N4)ccc3O2)c2ccccc2-c2ccccc21. The predicted octanol–water partition coefficient (Wildman–Crippen LogP) is 24.1. The van der Waals surface area contributed by atoms with Crippen molar-refractivity contribution in [2.45, 2.75) is 35.8 Å². The molecule has 3 aliphatic heterocycles. The number of allylic oxidation sites excluding steroid dienone is 2. The Morgan fingerprint density at radius 2 is 0.832 bits per heavy atom. The lowest BCUT2D eigenvalue weighted by molar-refractivity contribution is 0.102. The van der Waals surface area contributed by atoms with E-state index in [1.165, 1.54) is 50.1 Å². The van der Waals surface area contributed by atoms with Crippen molar-refractivity contribution < 1.29 is 9.47 Å². The first-order chi connectivity index (χ1) is 52.9. The van der Waals surface area contributed by atoms with E-state index in [2.05, 4.69) is 376 Å². The second kappa shape index (κ2) is 24.6. The van der Waals surface area contributed by atoms with Crippen molar-refractivity contribution >= 4 is 11.5 Å². The molecule has 1 N–H and O–H groups in total. The lowest BCUT2D eigenvalue weighted by Crippen LogP contribution is -2.50. The van der Waals surface area contributed by atoms with E-state index in [1.807, 2.05) is 6.07 Å². The van der Waals surface area contributed by atoms with Crippen LogP contribution in [-0.2, 0) is 10.8 Å². The third-order valence-electron chi connectivity index (χ3n) is 23.0. The Morgan fingerprint density at radius 1 is 0.346 bits per heavy atom. The molecular weight excluding hydrogens is 1300 g/mol. The van der Waals surface area contributed by atoms with Gasteiger partial charge >= 0.3 is 0 Å². The summed E-state index contributed by atoms with van der Waals surface area (Å²) < 4.78 is 14.4. The van der Waals surface area contributed by atoms with E-state index in [9.17, 15) is 0 Å². The van der Waals surface area contributed by atoms with E-state index >= 15 is 0 Å². The fourth-order valence-corrected chi connectivity index (χ4v) is 18.4. The van der Waals surface area contributed by atoms with Crippen LogP contribution in [0.5, 0.6) is 17.2 Å². The molecule has 14 aromatic carbocycles. The van der Waals surface area contributed by atoms with Gasteiger partial charge in [-0.2, -0.15) is 0 Å². The smallest absolute Gasteiger partial charge is 0.161 e. The van der Waals surface area contributed by atoms with E-state index in [4.69, 9.17) is 24.4 Å². The van der Waals surface area contributed by atoms with Gasteiger partial charge in [-0.25, -0.2) is 15.0 Å². The quantitative estimate of drug-likeness (QED) is 0.148. The van der Waals surface area contributed by atoms with Crippen molar-refractivity contribution in [1.29, 1.82) is 0 Å². The minimum Gasteiger partial charge on any atom is -0.482 e. The highest BCUT2D eigenvalue weighted by molar-refractivity contribution is 6.08. The van der Waals surface area contributed by atoms with E-state index in [0.717, 1.165) is 141 Å². The molecule has 0 saturated carbocycles. The van der Waals surface area contributed by atoms with Gasteiger partial charge in [-0.05, 0) is 156 Å². The Bertz CT molecular complexity index is 6260. The highest BCUT2D eigenvalue weighted by Crippen LogP contribution is 2.66. The van der Waals surface area contributed by atoms with Gasteiger partial charge < -0.3 is 14.8 Å². The van der Waals surface area contributed by atoms with Crippen molar-refractivity contribution in [1.82, 2.24) is 15.3 Å². The van der Waals surface area contributed by atoms with Gasteiger partial charge in [0, 0.05) is 50.9 Å². The number of nitrogens with one attached hydrogen (secondary N) is 1. The Labute approximate surface area is 622 Å². The Hall–Kier alpha value is -13.6. The zero-order chi connectivity index (χ0) is 70.8. The van der Waals surface area contributed by atoms with E-state index < -0.39 is 16.4 Å². The largest absolute Gasteiger partial charge is 0.482 e. The summed E-state index contributed by atoms with van der Waals surface area (Å²) in [6.45, 7) is 2.27. The monoisotopic (exact) mass is 1370 g/mol. The summed E-state index contributed by atoms with van der Waals surface area (Å²) >= 11 is 0. The molecule has 0 fully saturated rings. The van der Waals surface area contributed by atoms with Gasteiger partial charge in [0.2, 0.25) is 0 Å². The molecule has 2 spiro atoms. The fraction of sp³-hybridized carbons (Fsp3) is 0.0594. The van der Waals surface area contributed by atoms with Crippen molar-refractivity contribution in [3.8, 4) is 118 Å². The first-order valence-electron chi connectivity index (χ1n) is 37.0. The second-order valence-electron chi connectivity index (χ2n) is 28.9. The van der Waals surface area contributed by atoms with Gasteiger partial charge in [0.1, 0.15) is 28.7 Å². The molecule has 0 bridgehead atoms. The molecule has 0 saturated heterocycles. The number of rotatable bonds is 10. The molecule has 6 heteroatoms. The average molecular weight is 1370 g/mol. The Balaban J connectivity index is 0.694. The molecule has 0 radical (unpaired) electrons. The zero-order valence-corrected chi connectivity index (χ0v) is 58.7. The number of benzene rings is 14. The normalized spacial score (nSPS) is 17.6. The molecule has 21 rings (SSSR count). The van der Waals surface area contributed by atoms with Crippen LogP contribution in [0.1, 0.15) is 75.0 Å². The molecule has 6 aliphatic rings. The van der Waals surface area contributed by atoms with Gasteiger partial charge in [-0.3, -0.25) is 0 Å². The van der Waals surface area contributed by atoms with Crippen LogP contribution in [0.25, 0.3) is 106 Å². The molecule has 6 nitrogen and oxygen atoms in total. The molecule has 504 valence electrons. The summed E-state index contributed by atoms with van der Waals surface area (Å²) in [6, 6.07) is 125. The predicted molar refractivity (Wildman–Crippen MR) is 433 cm³/mol. The first-order valence-corrected chi connectivity index (χ1v) is 37.0. The van der Waals surface area contributed by atoms with Gasteiger partial charge in [-0.15, -0.1) is 0 Å². The van der Waals surface area contributed by atoms with Crippen LogP contribution in [0, 0.1) is 0 Å². The van der Waals surface area contributed by atoms with Crippen LogP contribution in [0.4, 0.5) is 0 Å². The summed E-state index contributed by atoms with van der Waals surface area (Å²) in [7, 11) is 0. The van der Waals surface area contributed by atoms with Crippen LogP contribution in [-0.4, -0.2) is 21.4 Å². The summed E-state index contributed by atoms with van der Waals surface area (Å²) in [5.74, 6) is 3.97. The molecule has 1 aromatic heterocycles. The third kappa shape index (κ3) is 9.62. The van der Waals surface area contributed by atoms with Gasteiger partial charge in [-0.1, -0.05) is 322 Å². The summed E-state index contributed by atoms with van der Waals surface area (Å²) in [4.78, 5) is 16.7. The van der Waals surface area contributed by atoms with Crippen LogP contribution in [0.2, 0.25) is 0 Å². The number of nitrogens with zero attached hydrogens (tertiary/aromatic N) is 3. The standard InChI is InChI=1S/C101H68N4O2/c1-99-58-26-25-53-95(99)101(81-47-20-17-40-75(81)76-41-18-21-48-82(76)101)87-61-69(55-57-94(87)107-99)73-39-12-15-43-78(73)97-102-88(65-31-7-3-8-32-65)62-90(104-97)70-36-27-35-67(59-70)74-46-28-51-85-96(74)80-45-19-22-49-83(80)100(85)84-50-23-24-52-92(84)106-93-56-54-68(60-86(93)100)72-38-13-16-44-79(72)98-103-89(66-33-9-4-10-34-66)63-91(105-98)77-42-14-11-37-71(77)64-29-5-2-6-30-64/h2-57,59-63,88H,58H2,1H3,(H,102,104). The van der Waals surface area contributed by atoms with Crippen LogP contribution in [0.3, 0.4) is 0 Å². The number of aliphatic imine (C=N–C) groups is 1. The molecule has 3 atom stereocenters. The molecule has 4 heterocycles. The average Bonchev–Trinajstić information content (AvgIpc) is 1.56. The van der Waals surface area contributed by atoms with Crippen LogP contribution in [0.15, 0.2) is 381 Å². The lowest BCUT2D eigenvalue weighted by atomic mass is 9.59. The molecule has 15 aromatic rings. The number of hydrogen-bond acceptors (Lipinski definition) is 6. The minimum absolute atomic E-state index is 0.198. The Kier molecular flexibility index (Phi) is 14.2. The topological polar surface area (TPSA) is 68.6 Å². The number of fused-ring (bicyclic) bond motifs is 18. The van der Waals surface area contributed by atoms with E-state index in [-0.39, 0.29) is 6.04 Å². The Morgan fingerprint density at radius 3 is 1.54 bits per heavy atom. The number of hydrogen-bond donors (Lipinski definition) is 1. The van der Waals surface area contributed by atoms with Gasteiger partial charge in [0.25, 0.3) is 0 Å². The molecular formula is C101H68N4O2. The van der Waals surface area contributed by atoms with E-state index in [0.29, 0.717) is 5.82 Å². The fourth-order valence-electron chi connectivity index (χ4n) is 18.4. The maximum absolute atomic E-state index is 7.25. The summed E-state index contributed by atoms with van der Waals surface area (Å²) in [5.41, 5.74) is 29.8. The number of aromatic nitrogens is 2. The third-order valence-corrected chi connectivity index (χ3v) is 23.0. The second-order valence-corrected chi connectivity index (χ2v) is 28.9. The van der Waals surface area contributed by atoms with Crippen molar-refractivity contribution in [3.63, 3.8) is 0 Å². The van der Waals surface area contributed by atoms with Gasteiger partial charge in [0.15, 0.2) is 5.82 Å². The van der Waals surface area contributed by atoms with Gasteiger partial charge in [0.05, 0.1) is 34.0 Å². The highest BCUT2D eigenvalue weighted by atomic mass is 16.5. The minimum atomic E-state index is -0.789. The number of para-hydroxylation sites is 1. The van der Waals surface area contributed by atoms with Crippen LogP contribution >= 0.6 is 0 Å². The molecule has 107 heavy (non-hydrogen) atoms. The lowest BCUT2D eigenvalue weighted by Gasteiger charge is -2.50.